The third-order valence-corrected chi connectivity index (χ3v) is 5.80. The third-order valence-electron chi connectivity index (χ3n) is 5.80. The molecule has 2 amide bonds. The van der Waals surface area contributed by atoms with Crippen molar-refractivity contribution in [3.8, 4) is 5.75 Å². The molecule has 2 N–H and O–H groups in total. The minimum absolute atomic E-state index is 0.0357. The summed E-state index contributed by atoms with van der Waals surface area (Å²) < 4.78 is 5.61. The highest BCUT2D eigenvalue weighted by Gasteiger charge is 2.36. The number of para-hydroxylation sites is 1. The molecule has 2 saturated heterocycles. The van der Waals surface area contributed by atoms with Gasteiger partial charge in [-0.05, 0) is 50.8 Å². The Morgan fingerprint density at radius 3 is 2.52 bits per heavy atom. The molecule has 0 spiro atoms. The Morgan fingerprint density at radius 1 is 1.19 bits per heavy atom. The minimum Gasteiger partial charge on any atom is -0.493 e. The van der Waals surface area contributed by atoms with Crippen LogP contribution in [-0.2, 0) is 9.59 Å². The van der Waals surface area contributed by atoms with Crippen LogP contribution in [0.15, 0.2) is 30.3 Å². The Kier molecular flexibility index (Phi) is 6.72. The van der Waals surface area contributed by atoms with E-state index in [1.165, 1.54) is 0 Å². The van der Waals surface area contributed by atoms with E-state index in [1.807, 2.05) is 40.1 Å². The fourth-order valence-corrected chi connectivity index (χ4v) is 4.16. The molecule has 2 aliphatic rings. The van der Waals surface area contributed by atoms with Crippen molar-refractivity contribution in [3.63, 3.8) is 0 Å². The van der Waals surface area contributed by atoms with Crippen molar-refractivity contribution in [1.82, 2.24) is 9.80 Å². The summed E-state index contributed by atoms with van der Waals surface area (Å²) in [4.78, 5) is 29.1. The van der Waals surface area contributed by atoms with Crippen LogP contribution in [0.5, 0.6) is 5.75 Å². The van der Waals surface area contributed by atoms with Crippen LogP contribution in [0.1, 0.15) is 32.6 Å². The largest absolute Gasteiger partial charge is 0.493 e. The zero-order chi connectivity index (χ0) is 19.2. The van der Waals surface area contributed by atoms with E-state index >= 15 is 0 Å². The van der Waals surface area contributed by atoms with Crippen LogP contribution in [0.25, 0.3) is 0 Å². The number of amides is 2. The van der Waals surface area contributed by atoms with Gasteiger partial charge in [0.05, 0.1) is 13.0 Å². The van der Waals surface area contributed by atoms with Crippen LogP contribution >= 0.6 is 0 Å². The lowest BCUT2D eigenvalue weighted by atomic mass is 9.95. The Bertz CT molecular complexity index is 629. The minimum atomic E-state index is 0.0357. The number of ether oxygens (including phenoxy) is 1. The average Bonchev–Trinajstić information content (AvgIpc) is 3.09. The van der Waals surface area contributed by atoms with E-state index in [1.54, 1.807) is 0 Å². The lowest BCUT2D eigenvalue weighted by molar-refractivity contribution is -0.141. The van der Waals surface area contributed by atoms with Crippen molar-refractivity contribution in [1.29, 1.82) is 0 Å². The van der Waals surface area contributed by atoms with Crippen molar-refractivity contribution in [2.75, 3.05) is 32.8 Å². The fourth-order valence-electron chi connectivity index (χ4n) is 4.16. The lowest BCUT2D eigenvalue weighted by Crippen LogP contribution is -2.45. The number of likely N-dealkylation sites (tertiary alicyclic amines) is 2. The second-order valence-electron chi connectivity index (χ2n) is 7.74. The van der Waals surface area contributed by atoms with Gasteiger partial charge in [-0.1, -0.05) is 18.2 Å². The lowest BCUT2D eigenvalue weighted by Gasteiger charge is -2.34. The van der Waals surface area contributed by atoms with Crippen molar-refractivity contribution < 1.29 is 14.3 Å². The normalized spacial score (nSPS) is 23.5. The summed E-state index contributed by atoms with van der Waals surface area (Å²) in [5.74, 6) is 1.60. The number of hydrogen-bond acceptors (Lipinski definition) is 4. The highest BCUT2D eigenvalue weighted by Crippen LogP contribution is 2.27. The molecule has 2 heterocycles. The highest BCUT2D eigenvalue weighted by molar-refractivity contribution is 5.80. The first-order valence-corrected chi connectivity index (χ1v) is 10.0. The molecular weight excluding hydrogens is 342 g/mol. The maximum absolute atomic E-state index is 12.8. The molecule has 6 nitrogen and oxygen atoms in total. The molecule has 2 atom stereocenters. The molecule has 2 unspecified atom stereocenters. The summed E-state index contributed by atoms with van der Waals surface area (Å²) in [5.41, 5.74) is 5.77. The maximum atomic E-state index is 12.8. The van der Waals surface area contributed by atoms with E-state index < -0.39 is 0 Å². The fraction of sp³-hybridized carbons (Fsp3) is 0.619. The van der Waals surface area contributed by atoms with Crippen molar-refractivity contribution in [2.24, 2.45) is 17.6 Å². The van der Waals surface area contributed by atoms with Crippen LogP contribution in [0.3, 0.4) is 0 Å². The molecule has 1 aromatic rings. The first kappa shape index (κ1) is 19.7. The van der Waals surface area contributed by atoms with Gasteiger partial charge in [0.1, 0.15) is 5.75 Å². The Labute approximate surface area is 161 Å². The summed E-state index contributed by atoms with van der Waals surface area (Å²) in [7, 11) is 0. The molecule has 6 heteroatoms. The van der Waals surface area contributed by atoms with Crippen molar-refractivity contribution >= 4 is 11.8 Å². The number of rotatable bonds is 6. The Hall–Kier alpha value is -2.08. The molecular formula is C21H31N3O3. The summed E-state index contributed by atoms with van der Waals surface area (Å²) >= 11 is 0. The zero-order valence-electron chi connectivity index (χ0n) is 16.2. The number of carbonyl (C=O) groups is 2. The molecule has 1 aromatic carbocycles. The monoisotopic (exact) mass is 373 g/mol. The topological polar surface area (TPSA) is 75.9 Å². The zero-order valence-corrected chi connectivity index (χ0v) is 16.2. The number of nitrogens with two attached hydrogens (primary N) is 1. The second kappa shape index (κ2) is 9.22. The maximum Gasteiger partial charge on any atom is 0.226 e. The average molecular weight is 373 g/mol. The first-order chi connectivity index (χ1) is 13.1. The van der Waals surface area contributed by atoms with Gasteiger partial charge in [-0.25, -0.2) is 0 Å². The van der Waals surface area contributed by atoms with E-state index in [0.717, 1.165) is 31.6 Å². The highest BCUT2D eigenvalue weighted by atomic mass is 16.5. The Balaban J connectivity index is 1.40. The summed E-state index contributed by atoms with van der Waals surface area (Å²) in [6.45, 7) is 5.23. The van der Waals surface area contributed by atoms with E-state index in [0.29, 0.717) is 38.6 Å². The van der Waals surface area contributed by atoms with Crippen LogP contribution in [0.2, 0.25) is 0 Å². The molecule has 0 saturated carbocycles. The van der Waals surface area contributed by atoms with Crippen LogP contribution in [0.4, 0.5) is 0 Å². The van der Waals surface area contributed by atoms with Gasteiger partial charge < -0.3 is 20.3 Å². The third kappa shape index (κ3) is 5.01. The molecule has 0 bridgehead atoms. The van der Waals surface area contributed by atoms with Gasteiger partial charge in [-0.2, -0.15) is 0 Å². The van der Waals surface area contributed by atoms with Gasteiger partial charge in [-0.15, -0.1) is 0 Å². The molecule has 0 aliphatic carbocycles. The molecule has 0 radical (unpaired) electrons. The number of nitrogens with zero attached hydrogens (tertiary/aromatic N) is 2. The van der Waals surface area contributed by atoms with Crippen molar-refractivity contribution in [3.05, 3.63) is 30.3 Å². The quantitative estimate of drug-likeness (QED) is 0.826. The molecule has 3 rings (SSSR count). The van der Waals surface area contributed by atoms with E-state index in [-0.39, 0.29) is 23.8 Å². The molecule has 2 aliphatic heterocycles. The van der Waals surface area contributed by atoms with Gasteiger partial charge in [-0.3, -0.25) is 9.59 Å². The van der Waals surface area contributed by atoms with Gasteiger partial charge in [0.15, 0.2) is 0 Å². The van der Waals surface area contributed by atoms with Crippen LogP contribution < -0.4 is 10.5 Å². The van der Waals surface area contributed by atoms with E-state index in [2.05, 4.69) is 6.92 Å². The van der Waals surface area contributed by atoms with Gasteiger partial charge in [0.25, 0.3) is 0 Å². The SMILES string of the molecule is CC1CC(CN)CN1C(=O)C1CCN(C(=O)CCOc2ccccc2)CC1. The smallest absolute Gasteiger partial charge is 0.226 e. The number of carbonyl (C=O) groups excluding carboxylic acids is 2. The predicted octanol–water partition coefficient (Wildman–Crippen LogP) is 1.89. The number of hydrogen-bond donors (Lipinski definition) is 1. The second-order valence-corrected chi connectivity index (χ2v) is 7.74. The summed E-state index contributed by atoms with van der Waals surface area (Å²) in [6.07, 6.45) is 2.87. The molecule has 148 valence electrons. The van der Waals surface area contributed by atoms with Crippen molar-refractivity contribution in [2.45, 2.75) is 38.6 Å². The Morgan fingerprint density at radius 2 is 1.89 bits per heavy atom. The van der Waals surface area contributed by atoms with Crippen LogP contribution in [-0.4, -0.2) is 60.4 Å². The predicted molar refractivity (Wildman–Crippen MR) is 104 cm³/mol. The van der Waals surface area contributed by atoms with Gasteiger partial charge >= 0.3 is 0 Å². The summed E-state index contributed by atoms with van der Waals surface area (Å²) in [5, 5.41) is 0. The van der Waals surface area contributed by atoms with E-state index in [4.69, 9.17) is 10.5 Å². The standard InChI is InChI=1S/C21H31N3O3/c1-16-13-17(14-22)15-24(16)21(26)18-7-10-23(11-8-18)20(25)9-12-27-19-5-3-2-4-6-19/h2-6,16-18H,7-15,22H2,1H3. The molecule has 27 heavy (non-hydrogen) atoms. The van der Waals surface area contributed by atoms with Gasteiger partial charge in [0, 0.05) is 31.6 Å². The van der Waals surface area contributed by atoms with Gasteiger partial charge in [0.2, 0.25) is 11.8 Å². The molecule has 2 fully saturated rings. The van der Waals surface area contributed by atoms with E-state index in [9.17, 15) is 9.59 Å². The molecule has 0 aromatic heterocycles. The number of benzene rings is 1. The first-order valence-electron chi connectivity index (χ1n) is 10.0. The summed E-state index contributed by atoms with van der Waals surface area (Å²) in [6, 6.07) is 9.81. The number of piperidine rings is 1. The van der Waals surface area contributed by atoms with Crippen LogP contribution in [0, 0.1) is 11.8 Å².